The molecule has 0 amide bonds. The first-order valence-corrected chi connectivity index (χ1v) is 39.9. The van der Waals surface area contributed by atoms with Crippen molar-refractivity contribution < 1.29 is 9.59 Å². The maximum Gasteiger partial charge on any atom is 0.235 e. The lowest BCUT2D eigenvalue weighted by Crippen LogP contribution is -2.19. The second-order valence-corrected chi connectivity index (χ2v) is 30.7. The molecule has 406 valence electrons. The summed E-state index contributed by atoms with van der Waals surface area (Å²) in [6.45, 7) is 0.776. The van der Waals surface area contributed by atoms with Crippen LogP contribution in [0.4, 0.5) is 0 Å². The summed E-state index contributed by atoms with van der Waals surface area (Å²) < 4.78 is 0. The summed E-state index contributed by atoms with van der Waals surface area (Å²) in [6.07, 6.45) is 7.26. The highest BCUT2D eigenvalue weighted by molar-refractivity contribution is 8.07. The zero-order valence-electron chi connectivity index (χ0n) is 39.7. The summed E-state index contributed by atoms with van der Waals surface area (Å²) in [4.78, 5) is 26.7. The van der Waals surface area contributed by atoms with Crippen molar-refractivity contribution in [2.75, 3.05) is 145 Å². The minimum absolute atomic E-state index is 0.342. The molecule has 69 heavy (non-hydrogen) atoms. The van der Waals surface area contributed by atoms with Gasteiger partial charge in [0.25, 0.3) is 0 Å². The maximum absolute atomic E-state index is 9.92. The monoisotopic (exact) mass is 1340 g/mol. The Morgan fingerprint density at radius 3 is 1.35 bits per heavy atom. The summed E-state index contributed by atoms with van der Waals surface area (Å²) in [6, 6.07) is 7.64. The molecule has 6 atom stereocenters. The van der Waals surface area contributed by atoms with Gasteiger partial charge in [0, 0.05) is 118 Å². The number of nitrogens with zero attached hydrogens (tertiary/aromatic N) is 2. The highest BCUT2D eigenvalue weighted by Gasteiger charge is 2.16. The van der Waals surface area contributed by atoms with E-state index < -0.39 is 0 Å². The standard InChI is InChI=1S/C11H10N2O2.3C11H24S7/c14-8-12-5-4-10-2-1-3-11(6-10)7-13-9-15;12-2-1-10(17-6-4-14)9-18-11(7-15)8-16-5-3-13;12-2-1-10(17-5-3-13)8-16-9-11(7-15)18-6-4-14;12-2-1-4-16-8-10(6-14)18-11(7-15)9-17-5-3-13/h1-3,6H,4-5,7H2;3*10-15H,1-9H2. The van der Waals surface area contributed by atoms with E-state index in [1.54, 1.807) is 0 Å². The lowest BCUT2D eigenvalue weighted by Gasteiger charge is -2.20. The predicted octanol–water partition coefficient (Wildman–Crippen LogP) is 13.5. The molecule has 4 nitrogen and oxygen atoms in total. The van der Waals surface area contributed by atoms with E-state index >= 15 is 0 Å². The minimum Gasteiger partial charge on any atom is -0.211 e. The predicted molar refractivity (Wildman–Crippen MR) is 384 cm³/mol. The smallest absolute Gasteiger partial charge is 0.211 e. The molecule has 0 radical (unpaired) electrons. The van der Waals surface area contributed by atoms with Crippen molar-refractivity contribution in [2.24, 2.45) is 9.98 Å². The first kappa shape index (κ1) is 78.6. The number of aliphatic imine (C=N–C) groups is 2. The van der Waals surface area contributed by atoms with E-state index in [0.717, 1.165) is 119 Å². The van der Waals surface area contributed by atoms with Gasteiger partial charge in [-0.3, -0.25) is 0 Å². The molecule has 0 N–H and O–H groups in total. The van der Waals surface area contributed by atoms with Gasteiger partial charge in [0.15, 0.2) is 0 Å². The Bertz CT molecular complexity index is 1290. The van der Waals surface area contributed by atoms with Crippen molar-refractivity contribution in [3.05, 3.63) is 35.4 Å². The Morgan fingerprint density at radius 2 is 0.870 bits per heavy atom. The van der Waals surface area contributed by atoms with Gasteiger partial charge < -0.3 is 0 Å². The van der Waals surface area contributed by atoms with Crippen LogP contribution >= 0.6 is 257 Å². The average molecular weight is 1340 g/mol. The molecule has 0 saturated heterocycles. The third kappa shape index (κ3) is 56.4. The van der Waals surface area contributed by atoms with Crippen molar-refractivity contribution in [3.63, 3.8) is 0 Å². The lowest BCUT2D eigenvalue weighted by atomic mass is 10.1. The maximum atomic E-state index is 9.92. The summed E-state index contributed by atoms with van der Waals surface area (Å²) in [5.41, 5.74) is 2.01. The van der Waals surface area contributed by atoms with Crippen LogP contribution in [0.1, 0.15) is 30.4 Å². The fourth-order valence-corrected chi connectivity index (χ4v) is 20.9. The molecule has 1 aromatic carbocycles. The van der Waals surface area contributed by atoms with Crippen LogP contribution in [-0.4, -0.2) is 188 Å². The number of rotatable bonds is 44. The van der Waals surface area contributed by atoms with Crippen LogP contribution in [-0.2, 0) is 22.6 Å². The molecule has 1 aromatic rings. The Kier molecular flexibility index (Phi) is 75.0. The van der Waals surface area contributed by atoms with E-state index in [-0.39, 0.29) is 0 Å². The van der Waals surface area contributed by atoms with Crippen LogP contribution in [0, 0.1) is 0 Å². The van der Waals surface area contributed by atoms with Crippen molar-refractivity contribution in [1.82, 2.24) is 0 Å². The van der Waals surface area contributed by atoms with Gasteiger partial charge in [-0.2, -0.15) is 257 Å². The van der Waals surface area contributed by atoms with Gasteiger partial charge in [-0.1, -0.05) is 24.3 Å². The van der Waals surface area contributed by atoms with Crippen LogP contribution in [0.15, 0.2) is 34.3 Å². The second-order valence-electron chi connectivity index (χ2n) is 14.0. The number of hydrogen-bond donors (Lipinski definition) is 12. The van der Waals surface area contributed by atoms with E-state index in [0.29, 0.717) is 40.5 Å². The van der Waals surface area contributed by atoms with Crippen LogP contribution in [0.2, 0.25) is 0 Å². The van der Waals surface area contributed by atoms with Gasteiger partial charge in [0.2, 0.25) is 12.2 Å². The second kappa shape index (κ2) is 65.8. The number of thiol groups is 12. The van der Waals surface area contributed by atoms with Crippen molar-refractivity contribution in [3.8, 4) is 0 Å². The summed E-state index contributed by atoms with van der Waals surface area (Å²) >= 11 is 70.3. The number of benzene rings is 1. The van der Waals surface area contributed by atoms with E-state index in [1.807, 2.05) is 94.8 Å². The van der Waals surface area contributed by atoms with E-state index in [2.05, 4.69) is 197 Å². The molecule has 0 saturated carbocycles. The zero-order valence-corrected chi connectivity index (χ0v) is 57.8. The third-order valence-corrected chi connectivity index (χ3v) is 27.2. The van der Waals surface area contributed by atoms with E-state index in [4.69, 9.17) is 0 Å². The molecule has 0 spiro atoms. The largest absolute Gasteiger partial charge is 0.235 e. The van der Waals surface area contributed by atoms with E-state index in [1.165, 1.54) is 71.7 Å². The summed E-state index contributed by atoms with van der Waals surface area (Å²) in [7, 11) is 0. The van der Waals surface area contributed by atoms with Crippen molar-refractivity contribution >= 4 is 270 Å². The summed E-state index contributed by atoms with van der Waals surface area (Å²) in [5.74, 6) is 25.7. The Morgan fingerprint density at radius 1 is 0.435 bits per heavy atom. The van der Waals surface area contributed by atoms with Gasteiger partial charge in [0.05, 0.1) is 13.1 Å². The first-order valence-electron chi connectivity index (χ1n) is 22.6. The SMILES string of the molecule is O=C=NCCc1cccc(CN=C=O)c1.SCCCSCC(CS)SC(CS)CSCCS.SCCSC(CS)CSCC(CCS)SCCS.SCCSCC(CS)SCC(CCS)SCCS. The Labute approximate surface area is 525 Å². The molecule has 0 fully saturated rings. The zero-order chi connectivity index (χ0) is 51.9. The van der Waals surface area contributed by atoms with Crippen LogP contribution < -0.4 is 0 Å². The number of carbonyl (C=O) groups excluding carboxylic acids is 2. The molecule has 6 unspecified atom stereocenters. The highest BCUT2D eigenvalue weighted by Crippen LogP contribution is 2.28. The quantitative estimate of drug-likeness (QED) is 0.0134. The van der Waals surface area contributed by atoms with Gasteiger partial charge in [-0.05, 0) is 88.6 Å². The molecule has 0 heterocycles. The third-order valence-electron chi connectivity index (χ3n) is 8.29. The van der Waals surface area contributed by atoms with Crippen LogP contribution in [0.25, 0.3) is 0 Å². The normalized spacial score (nSPS) is 13.4. The lowest BCUT2D eigenvalue weighted by molar-refractivity contribution is 0.562. The van der Waals surface area contributed by atoms with Crippen LogP contribution in [0.5, 0.6) is 0 Å². The summed E-state index contributed by atoms with van der Waals surface area (Å²) in [5, 5.41) is 4.06. The van der Waals surface area contributed by atoms with Gasteiger partial charge in [-0.25, -0.2) is 19.6 Å². The topological polar surface area (TPSA) is 58.9 Å². The fraction of sp³-hybridized carbons (Fsp3) is 0.818. The molecule has 1 rings (SSSR count). The Balaban J connectivity index is -0.000000843. The van der Waals surface area contributed by atoms with E-state index in [9.17, 15) is 9.59 Å². The fourth-order valence-electron chi connectivity index (χ4n) is 4.98. The van der Waals surface area contributed by atoms with Gasteiger partial charge in [-0.15, -0.1) is 0 Å². The van der Waals surface area contributed by atoms with Gasteiger partial charge >= 0.3 is 0 Å². The highest BCUT2D eigenvalue weighted by atomic mass is 32.2. The van der Waals surface area contributed by atoms with Crippen molar-refractivity contribution in [2.45, 2.75) is 63.7 Å². The molecule has 0 aliphatic carbocycles. The molecule has 0 aromatic heterocycles. The molecular formula is C44H82N2O2S21. The number of isocyanates is 2. The number of hydrogen-bond acceptors (Lipinski definition) is 25. The molecule has 0 aliphatic rings. The van der Waals surface area contributed by atoms with Crippen LogP contribution in [0.3, 0.4) is 0 Å². The minimum atomic E-state index is 0.342. The number of thioether (sulfide) groups is 9. The van der Waals surface area contributed by atoms with Crippen molar-refractivity contribution in [1.29, 1.82) is 0 Å². The molecular weight excluding hydrogens is 1260 g/mol. The molecule has 0 aliphatic heterocycles. The first-order chi connectivity index (χ1) is 33.7. The molecule has 0 bridgehead atoms. The Hall–Kier alpha value is 5.33. The van der Waals surface area contributed by atoms with Gasteiger partial charge in [0.1, 0.15) is 0 Å². The average Bonchev–Trinajstić information content (AvgIpc) is 3.37. The molecule has 25 heteroatoms.